The van der Waals surface area contributed by atoms with Crippen LogP contribution in [-0.4, -0.2) is 56.7 Å². The number of carbonyl (C=O) groups excluding carboxylic acids is 1. The number of nitrogens with one attached hydrogen (secondary N) is 1. The van der Waals surface area contributed by atoms with Crippen LogP contribution < -0.4 is 10.2 Å². The van der Waals surface area contributed by atoms with Gasteiger partial charge in [-0.15, -0.1) is 0 Å². The third kappa shape index (κ3) is 4.45. The summed E-state index contributed by atoms with van der Waals surface area (Å²) < 4.78 is 5.34. The van der Waals surface area contributed by atoms with Crippen LogP contribution in [0.25, 0.3) is 0 Å². The summed E-state index contributed by atoms with van der Waals surface area (Å²) in [5.41, 5.74) is 1.90. The number of morpholine rings is 1. The molecule has 1 N–H and O–H groups in total. The molecule has 6 heteroatoms. The van der Waals surface area contributed by atoms with E-state index in [-0.39, 0.29) is 18.5 Å². The molecular formula is C16H22N4O2. The third-order valence-corrected chi connectivity index (χ3v) is 3.77. The molecule has 0 radical (unpaired) electrons. The minimum atomic E-state index is -0.283. The van der Waals surface area contributed by atoms with E-state index in [1.807, 2.05) is 24.3 Å². The van der Waals surface area contributed by atoms with E-state index in [4.69, 9.17) is 10.00 Å². The lowest BCUT2D eigenvalue weighted by atomic mass is 10.2. The fourth-order valence-corrected chi connectivity index (χ4v) is 2.24. The maximum absolute atomic E-state index is 11.9. The van der Waals surface area contributed by atoms with Crippen LogP contribution >= 0.6 is 0 Å². The molecule has 1 amide bonds. The van der Waals surface area contributed by atoms with E-state index in [2.05, 4.69) is 16.3 Å². The van der Waals surface area contributed by atoms with Crippen molar-refractivity contribution in [2.45, 2.75) is 13.0 Å². The first-order valence-corrected chi connectivity index (χ1v) is 7.42. The van der Waals surface area contributed by atoms with Gasteiger partial charge in [-0.05, 0) is 38.2 Å². The number of carbonyl (C=O) groups is 1. The minimum absolute atomic E-state index is 0.122. The predicted octanol–water partition coefficient (Wildman–Crippen LogP) is 1.31. The van der Waals surface area contributed by atoms with Crippen LogP contribution in [0.5, 0.6) is 0 Å². The maximum atomic E-state index is 11.9. The van der Waals surface area contributed by atoms with Gasteiger partial charge in [0, 0.05) is 24.5 Å². The highest BCUT2D eigenvalue weighted by Gasteiger charge is 2.13. The number of nitriles is 1. The molecule has 1 aliphatic heterocycles. The van der Waals surface area contributed by atoms with E-state index in [1.165, 1.54) is 0 Å². The highest BCUT2D eigenvalue weighted by molar-refractivity contribution is 5.92. The molecule has 1 aliphatic rings. The first kappa shape index (κ1) is 16.3. The Bertz CT molecular complexity index is 532. The summed E-state index contributed by atoms with van der Waals surface area (Å²) in [5.74, 6) is -0.122. The standard InChI is InChI=1S/C16H22N4O2/c1-13(11-17)19(2)12-16(21)18-14-3-5-15(6-4-14)20-7-9-22-10-8-20/h3-6,13H,7-10,12H2,1-2H3,(H,18,21)/t13-/m1/s1. The molecule has 1 atom stereocenters. The molecular weight excluding hydrogens is 280 g/mol. The van der Waals surface area contributed by atoms with Gasteiger partial charge in [0.15, 0.2) is 0 Å². The summed E-state index contributed by atoms with van der Waals surface area (Å²) in [6.07, 6.45) is 0. The second-order valence-corrected chi connectivity index (χ2v) is 5.41. The van der Waals surface area contributed by atoms with Gasteiger partial charge in [0.2, 0.25) is 5.91 Å². The topological polar surface area (TPSA) is 68.6 Å². The molecule has 118 valence electrons. The van der Waals surface area contributed by atoms with Crippen molar-refractivity contribution in [3.05, 3.63) is 24.3 Å². The molecule has 22 heavy (non-hydrogen) atoms. The fraction of sp³-hybridized carbons (Fsp3) is 0.500. The van der Waals surface area contributed by atoms with E-state index in [0.717, 1.165) is 37.7 Å². The van der Waals surface area contributed by atoms with E-state index in [1.54, 1.807) is 18.9 Å². The number of rotatable bonds is 5. The molecule has 0 unspecified atom stereocenters. The maximum Gasteiger partial charge on any atom is 0.238 e. The smallest absolute Gasteiger partial charge is 0.238 e. The largest absolute Gasteiger partial charge is 0.378 e. The Morgan fingerprint density at radius 3 is 2.64 bits per heavy atom. The Balaban J connectivity index is 1.88. The number of hydrogen-bond acceptors (Lipinski definition) is 5. The zero-order valence-electron chi connectivity index (χ0n) is 13.1. The third-order valence-electron chi connectivity index (χ3n) is 3.77. The first-order valence-electron chi connectivity index (χ1n) is 7.42. The highest BCUT2D eigenvalue weighted by Crippen LogP contribution is 2.19. The molecule has 1 aromatic rings. The second kappa shape index (κ2) is 7.78. The Kier molecular flexibility index (Phi) is 5.75. The number of ether oxygens (including phenoxy) is 1. The average molecular weight is 302 g/mol. The van der Waals surface area contributed by atoms with Crippen LogP contribution in [0.3, 0.4) is 0 Å². The summed E-state index contributed by atoms with van der Waals surface area (Å²) >= 11 is 0. The molecule has 6 nitrogen and oxygen atoms in total. The quantitative estimate of drug-likeness (QED) is 0.888. The molecule has 1 aromatic carbocycles. The van der Waals surface area contributed by atoms with Gasteiger partial charge in [-0.1, -0.05) is 0 Å². The number of nitrogens with zero attached hydrogens (tertiary/aromatic N) is 3. The van der Waals surface area contributed by atoms with Crippen molar-refractivity contribution >= 4 is 17.3 Å². The second-order valence-electron chi connectivity index (χ2n) is 5.41. The molecule has 0 spiro atoms. The van der Waals surface area contributed by atoms with Crippen molar-refractivity contribution < 1.29 is 9.53 Å². The van der Waals surface area contributed by atoms with Crippen LogP contribution in [0.4, 0.5) is 11.4 Å². The molecule has 0 bridgehead atoms. The van der Waals surface area contributed by atoms with Crippen molar-refractivity contribution in [3.63, 3.8) is 0 Å². The van der Waals surface area contributed by atoms with Crippen LogP contribution in [0.2, 0.25) is 0 Å². The SMILES string of the molecule is C[C@H](C#N)N(C)CC(=O)Nc1ccc(N2CCOCC2)cc1. The molecule has 1 heterocycles. The molecule has 1 saturated heterocycles. The van der Waals surface area contributed by atoms with E-state index >= 15 is 0 Å². The number of benzene rings is 1. The van der Waals surface area contributed by atoms with Gasteiger partial charge in [-0.25, -0.2) is 0 Å². The molecule has 0 aromatic heterocycles. The lowest BCUT2D eigenvalue weighted by Crippen LogP contribution is -2.36. The zero-order chi connectivity index (χ0) is 15.9. The Morgan fingerprint density at radius 2 is 2.05 bits per heavy atom. The summed E-state index contributed by atoms with van der Waals surface area (Å²) in [7, 11) is 1.76. The molecule has 1 fully saturated rings. The van der Waals surface area contributed by atoms with Crippen molar-refractivity contribution in [2.24, 2.45) is 0 Å². The van der Waals surface area contributed by atoms with Crippen molar-refractivity contribution in [2.75, 3.05) is 50.1 Å². The van der Waals surface area contributed by atoms with E-state index < -0.39 is 0 Å². The van der Waals surface area contributed by atoms with E-state index in [9.17, 15) is 4.79 Å². The Morgan fingerprint density at radius 1 is 1.41 bits per heavy atom. The van der Waals surface area contributed by atoms with Gasteiger partial charge in [0.05, 0.1) is 31.9 Å². The average Bonchev–Trinajstić information content (AvgIpc) is 2.55. The fourth-order valence-electron chi connectivity index (χ4n) is 2.24. The number of amides is 1. The van der Waals surface area contributed by atoms with Crippen molar-refractivity contribution in [1.82, 2.24) is 4.90 Å². The van der Waals surface area contributed by atoms with E-state index in [0.29, 0.717) is 0 Å². The number of likely N-dealkylation sites (N-methyl/N-ethyl adjacent to an activating group) is 1. The molecule has 0 saturated carbocycles. The van der Waals surface area contributed by atoms with Gasteiger partial charge >= 0.3 is 0 Å². The van der Waals surface area contributed by atoms with Gasteiger partial charge in [0.25, 0.3) is 0 Å². The lowest BCUT2D eigenvalue weighted by molar-refractivity contribution is -0.117. The summed E-state index contributed by atoms with van der Waals surface area (Å²) in [6, 6.07) is 9.63. The van der Waals surface area contributed by atoms with Gasteiger partial charge in [-0.3, -0.25) is 9.69 Å². The lowest BCUT2D eigenvalue weighted by Gasteiger charge is -2.29. The normalized spacial score (nSPS) is 16.2. The molecule has 0 aliphatic carbocycles. The van der Waals surface area contributed by atoms with Gasteiger partial charge in [0.1, 0.15) is 0 Å². The minimum Gasteiger partial charge on any atom is -0.378 e. The first-order chi connectivity index (χ1) is 10.6. The van der Waals surface area contributed by atoms with Gasteiger partial charge in [-0.2, -0.15) is 5.26 Å². The predicted molar refractivity (Wildman–Crippen MR) is 85.8 cm³/mol. The summed E-state index contributed by atoms with van der Waals surface area (Å²) in [4.78, 5) is 15.9. The molecule has 2 rings (SSSR count). The Hall–Kier alpha value is -2.10. The number of anilines is 2. The highest BCUT2D eigenvalue weighted by atomic mass is 16.5. The van der Waals surface area contributed by atoms with Crippen LogP contribution in [0, 0.1) is 11.3 Å². The van der Waals surface area contributed by atoms with Crippen LogP contribution in [0.1, 0.15) is 6.92 Å². The van der Waals surface area contributed by atoms with Crippen molar-refractivity contribution in [1.29, 1.82) is 5.26 Å². The van der Waals surface area contributed by atoms with Crippen LogP contribution in [-0.2, 0) is 9.53 Å². The Labute approximate surface area is 131 Å². The van der Waals surface area contributed by atoms with Crippen LogP contribution in [0.15, 0.2) is 24.3 Å². The van der Waals surface area contributed by atoms with Gasteiger partial charge < -0.3 is 15.0 Å². The van der Waals surface area contributed by atoms with Crippen molar-refractivity contribution in [3.8, 4) is 6.07 Å². The zero-order valence-corrected chi connectivity index (χ0v) is 13.1. The summed E-state index contributed by atoms with van der Waals surface area (Å²) in [5, 5.41) is 11.7. The number of hydrogen-bond donors (Lipinski definition) is 1. The summed E-state index contributed by atoms with van der Waals surface area (Å²) in [6.45, 7) is 5.25. The monoisotopic (exact) mass is 302 g/mol.